The molecule has 0 bridgehead atoms. The molecule has 0 spiro atoms. The van der Waals surface area contributed by atoms with Crippen molar-refractivity contribution in [1.29, 1.82) is 0 Å². The highest BCUT2D eigenvalue weighted by Gasteiger charge is 2.46. The monoisotopic (exact) mass is 335 g/mol. The van der Waals surface area contributed by atoms with Gasteiger partial charge in [0.1, 0.15) is 5.82 Å². The number of aromatic nitrogens is 6. The van der Waals surface area contributed by atoms with Crippen molar-refractivity contribution in [2.45, 2.75) is 26.2 Å². The van der Waals surface area contributed by atoms with Crippen LogP contribution in [0.1, 0.15) is 25.2 Å². The molecule has 3 heterocycles. The smallest absolute Gasteiger partial charge is 0.273 e. The molecule has 0 radical (unpaired) electrons. The molecule has 0 saturated carbocycles. The Morgan fingerprint density at radius 3 is 2.44 bits per heavy atom. The highest BCUT2D eigenvalue weighted by Crippen LogP contribution is 2.45. The average molecular weight is 335 g/mol. The summed E-state index contributed by atoms with van der Waals surface area (Å²) in [6.07, 6.45) is 3.55. The van der Waals surface area contributed by atoms with Crippen LogP contribution in [0.2, 0.25) is 0 Å². The number of fused-ring (bicyclic) bond motifs is 1. The summed E-state index contributed by atoms with van der Waals surface area (Å²) in [6, 6.07) is 5.90. The summed E-state index contributed by atoms with van der Waals surface area (Å²) in [7, 11) is 1.67. The first kappa shape index (κ1) is 15.4. The van der Waals surface area contributed by atoms with Crippen molar-refractivity contribution in [2.75, 3.05) is 4.90 Å². The summed E-state index contributed by atoms with van der Waals surface area (Å²) in [4.78, 5) is 24.3. The Morgan fingerprint density at radius 2 is 1.80 bits per heavy atom. The van der Waals surface area contributed by atoms with Gasteiger partial charge in [0.2, 0.25) is 5.91 Å². The highest BCUT2D eigenvalue weighted by atomic mass is 16.2. The van der Waals surface area contributed by atoms with E-state index in [1.54, 1.807) is 19.4 Å². The third kappa shape index (κ3) is 2.29. The fourth-order valence-corrected chi connectivity index (χ4v) is 3.03. The van der Waals surface area contributed by atoms with E-state index in [0.717, 1.165) is 22.4 Å². The van der Waals surface area contributed by atoms with Crippen LogP contribution in [-0.4, -0.2) is 36.1 Å². The lowest BCUT2D eigenvalue weighted by Gasteiger charge is -2.16. The summed E-state index contributed by atoms with van der Waals surface area (Å²) in [5.41, 5.74) is 2.86. The minimum Gasteiger partial charge on any atom is -0.273 e. The number of anilines is 2. The molecule has 1 aliphatic rings. The number of aryl methyl sites for hydroxylation is 2. The third-order valence-corrected chi connectivity index (χ3v) is 4.46. The Balaban J connectivity index is 1.88. The van der Waals surface area contributed by atoms with Crippen LogP contribution in [0.4, 0.5) is 11.6 Å². The number of rotatable bonds is 2. The van der Waals surface area contributed by atoms with E-state index in [4.69, 9.17) is 0 Å². The van der Waals surface area contributed by atoms with E-state index in [2.05, 4.69) is 25.4 Å². The first-order chi connectivity index (χ1) is 11.9. The molecule has 0 saturated heterocycles. The zero-order valence-electron chi connectivity index (χ0n) is 14.4. The van der Waals surface area contributed by atoms with Gasteiger partial charge in [-0.2, -0.15) is 4.80 Å². The van der Waals surface area contributed by atoms with E-state index >= 15 is 0 Å². The van der Waals surface area contributed by atoms with Crippen LogP contribution in [0.15, 0.2) is 30.6 Å². The fourth-order valence-electron chi connectivity index (χ4n) is 3.03. The third-order valence-electron chi connectivity index (χ3n) is 4.46. The predicted molar refractivity (Wildman–Crippen MR) is 91.2 cm³/mol. The van der Waals surface area contributed by atoms with Gasteiger partial charge < -0.3 is 0 Å². The second-order valence-corrected chi connectivity index (χ2v) is 6.60. The molecule has 0 aliphatic carbocycles. The van der Waals surface area contributed by atoms with Gasteiger partial charge in [-0.1, -0.05) is 17.2 Å². The molecule has 8 nitrogen and oxygen atoms in total. The molecule has 8 heteroatoms. The second kappa shape index (κ2) is 5.17. The van der Waals surface area contributed by atoms with Crippen molar-refractivity contribution in [2.24, 2.45) is 7.05 Å². The normalized spacial score (nSPS) is 15.5. The average Bonchev–Trinajstić information content (AvgIpc) is 3.08. The van der Waals surface area contributed by atoms with E-state index in [9.17, 15) is 4.79 Å². The number of hydrogen-bond acceptors (Lipinski definition) is 6. The number of carbonyl (C=O) groups excluding carboxylic acids is 1. The number of nitrogens with zero attached hydrogens (tertiary/aromatic N) is 7. The molecule has 0 fully saturated rings. The molecule has 1 amide bonds. The summed E-state index contributed by atoms with van der Waals surface area (Å²) in [6.45, 7) is 5.65. The van der Waals surface area contributed by atoms with Gasteiger partial charge >= 0.3 is 0 Å². The van der Waals surface area contributed by atoms with E-state index < -0.39 is 5.41 Å². The largest absolute Gasteiger partial charge is 0.277 e. The molecule has 1 aromatic carbocycles. The number of hydrogen-bond donors (Lipinski definition) is 0. The number of benzene rings is 1. The van der Waals surface area contributed by atoms with Crippen LogP contribution in [-0.2, 0) is 17.3 Å². The Kier molecular flexibility index (Phi) is 3.18. The van der Waals surface area contributed by atoms with Gasteiger partial charge in [-0.25, -0.2) is 14.9 Å². The van der Waals surface area contributed by atoms with E-state index in [1.807, 2.05) is 39.0 Å². The van der Waals surface area contributed by atoms with Crippen LogP contribution >= 0.6 is 0 Å². The van der Waals surface area contributed by atoms with Gasteiger partial charge in [0, 0.05) is 18.0 Å². The number of tetrazole rings is 1. The summed E-state index contributed by atoms with van der Waals surface area (Å²) in [5.74, 6) is 0.913. The zero-order chi connectivity index (χ0) is 17.8. The molecule has 0 N–H and O–H groups in total. The maximum atomic E-state index is 13.0. The lowest BCUT2D eigenvalue weighted by Crippen LogP contribution is -2.33. The number of amides is 1. The van der Waals surface area contributed by atoms with Crippen LogP contribution < -0.4 is 4.90 Å². The minimum atomic E-state index is -0.656. The quantitative estimate of drug-likeness (QED) is 0.711. The zero-order valence-corrected chi connectivity index (χ0v) is 14.4. The second-order valence-electron chi connectivity index (χ2n) is 6.60. The van der Waals surface area contributed by atoms with Crippen LogP contribution in [0.3, 0.4) is 0 Å². The molecule has 2 aromatic heterocycles. The lowest BCUT2D eigenvalue weighted by molar-refractivity contribution is -0.121. The van der Waals surface area contributed by atoms with Gasteiger partial charge in [0.25, 0.3) is 5.95 Å². The molecule has 4 rings (SSSR count). The maximum absolute atomic E-state index is 13.0. The van der Waals surface area contributed by atoms with Crippen molar-refractivity contribution in [3.63, 3.8) is 0 Å². The van der Waals surface area contributed by atoms with Gasteiger partial charge in [0.15, 0.2) is 0 Å². The first-order valence-corrected chi connectivity index (χ1v) is 7.90. The number of carbonyl (C=O) groups is 1. The minimum absolute atomic E-state index is 0.0761. The topological polar surface area (TPSA) is 89.7 Å². The SMILES string of the molecule is Cc1ncc(-c2ccc3c(c2)N(c2nnn(C)n2)C(=O)C3(C)C)cn1. The van der Waals surface area contributed by atoms with Gasteiger partial charge in [-0.05, 0) is 43.2 Å². The summed E-state index contributed by atoms with van der Waals surface area (Å²) < 4.78 is 0. The highest BCUT2D eigenvalue weighted by molar-refractivity contribution is 6.11. The molecule has 3 aromatic rings. The lowest BCUT2D eigenvalue weighted by atomic mass is 9.85. The maximum Gasteiger partial charge on any atom is 0.277 e. The Morgan fingerprint density at radius 1 is 1.08 bits per heavy atom. The Hall–Kier alpha value is -3.16. The van der Waals surface area contributed by atoms with Crippen LogP contribution in [0.25, 0.3) is 11.1 Å². The standard InChI is InChI=1S/C17H17N7O/c1-10-18-8-12(9-19-10)11-5-6-13-14(7-11)24(15(25)17(13,2)3)16-20-22-23(4)21-16/h5-9H,1-4H3. The van der Waals surface area contributed by atoms with Crippen molar-refractivity contribution in [1.82, 2.24) is 30.2 Å². The Bertz CT molecular complexity index is 975. The summed E-state index contributed by atoms with van der Waals surface area (Å²) in [5, 5.41) is 12.1. The molecule has 0 unspecified atom stereocenters. The van der Waals surface area contributed by atoms with Crippen molar-refractivity contribution in [3.8, 4) is 11.1 Å². The van der Waals surface area contributed by atoms with Gasteiger partial charge in [-0.15, -0.1) is 5.10 Å². The van der Waals surface area contributed by atoms with Crippen molar-refractivity contribution in [3.05, 3.63) is 42.0 Å². The van der Waals surface area contributed by atoms with Gasteiger partial charge in [0.05, 0.1) is 18.2 Å². The predicted octanol–water partition coefficient (Wildman–Crippen LogP) is 1.93. The van der Waals surface area contributed by atoms with E-state index in [-0.39, 0.29) is 11.9 Å². The van der Waals surface area contributed by atoms with E-state index in [0.29, 0.717) is 5.82 Å². The van der Waals surface area contributed by atoms with Crippen molar-refractivity contribution < 1.29 is 4.79 Å². The van der Waals surface area contributed by atoms with Crippen LogP contribution in [0, 0.1) is 6.92 Å². The van der Waals surface area contributed by atoms with Crippen molar-refractivity contribution >= 4 is 17.5 Å². The fraction of sp³-hybridized carbons (Fsp3) is 0.294. The molecule has 126 valence electrons. The summed E-state index contributed by atoms with van der Waals surface area (Å²) >= 11 is 0. The molecule has 1 aliphatic heterocycles. The molecular weight excluding hydrogens is 318 g/mol. The van der Waals surface area contributed by atoms with Gasteiger partial charge in [-0.3, -0.25) is 4.79 Å². The first-order valence-electron chi connectivity index (χ1n) is 7.90. The molecule has 0 atom stereocenters. The molecular formula is C17H17N7O. The van der Waals surface area contributed by atoms with E-state index in [1.165, 1.54) is 9.70 Å². The van der Waals surface area contributed by atoms with Crippen LogP contribution in [0.5, 0.6) is 0 Å². The molecule has 25 heavy (non-hydrogen) atoms. The Labute approximate surface area is 144 Å².